The Morgan fingerprint density at radius 1 is 1.03 bits per heavy atom. The molecule has 1 saturated carbocycles. The first-order valence-corrected chi connectivity index (χ1v) is 13.3. The van der Waals surface area contributed by atoms with Gasteiger partial charge < -0.3 is 0 Å². The molecule has 0 radical (unpaired) electrons. The van der Waals surface area contributed by atoms with Gasteiger partial charge in [0.2, 0.25) is 0 Å². The van der Waals surface area contributed by atoms with E-state index in [2.05, 4.69) is 13.0 Å². The number of hydrogen-bond donors (Lipinski definition) is 0. The maximum atomic E-state index is 13.6. The van der Waals surface area contributed by atoms with Gasteiger partial charge in [0, 0.05) is 29.9 Å². The van der Waals surface area contributed by atoms with Gasteiger partial charge in [-0.05, 0) is 80.3 Å². The number of carbonyl (C=O) groups excluding carboxylic acids is 2. The number of hydrogen-bond acceptors (Lipinski definition) is 4. The average molecular weight is 497 g/mol. The number of carbonyl (C=O) groups is 2. The van der Waals surface area contributed by atoms with Gasteiger partial charge in [-0.15, -0.1) is 0 Å². The van der Waals surface area contributed by atoms with E-state index in [9.17, 15) is 19.2 Å². The Labute approximate surface area is 218 Å². The molecule has 2 aromatic carbocycles. The summed E-state index contributed by atoms with van der Waals surface area (Å²) in [7, 11) is 0. The summed E-state index contributed by atoms with van der Waals surface area (Å²) in [5.41, 5.74) is 4.11. The van der Waals surface area contributed by atoms with Crippen LogP contribution >= 0.6 is 0 Å². The van der Waals surface area contributed by atoms with E-state index in [1.807, 2.05) is 36.4 Å². The molecule has 0 aliphatic heterocycles. The molecule has 37 heavy (non-hydrogen) atoms. The van der Waals surface area contributed by atoms with E-state index >= 15 is 0 Å². The quantitative estimate of drug-likeness (QED) is 0.247. The van der Waals surface area contributed by atoms with Gasteiger partial charge in [-0.25, -0.2) is 4.39 Å². The highest BCUT2D eigenvalue weighted by molar-refractivity contribution is 5.98. The summed E-state index contributed by atoms with van der Waals surface area (Å²) in [4.78, 5) is 30.9. The van der Waals surface area contributed by atoms with Gasteiger partial charge in [-0.3, -0.25) is 14.6 Å². The Balaban J connectivity index is 1.55. The number of halogens is 1. The van der Waals surface area contributed by atoms with E-state index in [4.69, 9.17) is 4.98 Å². The van der Waals surface area contributed by atoms with E-state index in [1.54, 1.807) is 12.1 Å². The number of aryl methyl sites for hydroxylation is 2. The molecule has 1 fully saturated rings. The SMILES string of the molecule is CCCCC(=O)C1CCC1CC(=O)c1ccc(-c2ccccc2C#N)nc1CCCc1cccc(F)c1. The van der Waals surface area contributed by atoms with Gasteiger partial charge in [-0.1, -0.05) is 43.7 Å². The Morgan fingerprint density at radius 3 is 2.59 bits per heavy atom. The number of nitriles is 1. The van der Waals surface area contributed by atoms with E-state index in [-0.39, 0.29) is 23.4 Å². The predicted octanol–water partition coefficient (Wildman–Crippen LogP) is 7.29. The lowest BCUT2D eigenvalue weighted by molar-refractivity contribution is -0.128. The molecule has 0 amide bonds. The second-order valence-electron chi connectivity index (χ2n) is 9.97. The van der Waals surface area contributed by atoms with Crippen LogP contribution in [0.2, 0.25) is 0 Å². The van der Waals surface area contributed by atoms with Gasteiger partial charge in [-0.2, -0.15) is 5.26 Å². The smallest absolute Gasteiger partial charge is 0.165 e. The second-order valence-corrected chi connectivity index (χ2v) is 9.97. The molecule has 1 aliphatic carbocycles. The third kappa shape index (κ3) is 6.57. The van der Waals surface area contributed by atoms with Crippen LogP contribution in [-0.2, 0) is 17.6 Å². The first kappa shape index (κ1) is 26.4. The Morgan fingerprint density at radius 2 is 1.86 bits per heavy atom. The van der Waals surface area contributed by atoms with Crippen LogP contribution in [0.5, 0.6) is 0 Å². The van der Waals surface area contributed by atoms with E-state index in [1.165, 1.54) is 12.1 Å². The summed E-state index contributed by atoms with van der Waals surface area (Å²) in [6, 6.07) is 19.7. The number of pyridine rings is 1. The molecular weight excluding hydrogens is 463 g/mol. The van der Waals surface area contributed by atoms with Crippen molar-refractivity contribution >= 4 is 11.6 Å². The van der Waals surface area contributed by atoms with Gasteiger partial charge in [0.25, 0.3) is 0 Å². The fourth-order valence-electron chi connectivity index (χ4n) is 5.17. The summed E-state index contributed by atoms with van der Waals surface area (Å²) < 4.78 is 13.6. The zero-order valence-corrected chi connectivity index (χ0v) is 21.4. The molecule has 0 saturated heterocycles. The summed E-state index contributed by atoms with van der Waals surface area (Å²) in [6.07, 6.45) is 6.58. The van der Waals surface area contributed by atoms with Crippen molar-refractivity contribution in [3.8, 4) is 17.3 Å². The van der Waals surface area contributed by atoms with Gasteiger partial charge in [0.15, 0.2) is 5.78 Å². The number of nitrogens with zero attached hydrogens (tertiary/aromatic N) is 2. The molecule has 0 spiro atoms. The van der Waals surface area contributed by atoms with Gasteiger partial charge in [0.1, 0.15) is 11.6 Å². The maximum Gasteiger partial charge on any atom is 0.165 e. The Kier molecular flexibility index (Phi) is 8.95. The molecule has 3 aromatic rings. The van der Waals surface area contributed by atoms with Crippen LogP contribution in [0, 0.1) is 29.0 Å². The summed E-state index contributed by atoms with van der Waals surface area (Å²) in [6.45, 7) is 2.08. The minimum absolute atomic E-state index is 0.00154. The Bertz CT molecular complexity index is 1310. The fourth-order valence-corrected chi connectivity index (χ4v) is 5.17. The van der Waals surface area contributed by atoms with E-state index < -0.39 is 0 Å². The molecule has 190 valence electrons. The fraction of sp³-hybridized carbons (Fsp3) is 0.375. The van der Waals surface area contributed by atoms with Crippen molar-refractivity contribution in [1.82, 2.24) is 4.98 Å². The molecule has 1 aromatic heterocycles. The lowest BCUT2D eigenvalue weighted by Gasteiger charge is -2.35. The molecule has 1 heterocycles. The summed E-state index contributed by atoms with van der Waals surface area (Å²) >= 11 is 0. The molecule has 5 heteroatoms. The highest BCUT2D eigenvalue weighted by atomic mass is 19.1. The lowest BCUT2D eigenvalue weighted by atomic mass is 9.68. The number of Topliss-reactive ketones (excluding diaryl/α,β-unsaturated/α-hetero) is 2. The third-order valence-electron chi connectivity index (χ3n) is 7.42. The summed E-state index contributed by atoms with van der Waals surface area (Å²) in [5.74, 6) is 0.164. The monoisotopic (exact) mass is 496 g/mol. The predicted molar refractivity (Wildman–Crippen MR) is 143 cm³/mol. The van der Waals surface area contributed by atoms with Crippen LogP contribution in [0.3, 0.4) is 0 Å². The number of rotatable bonds is 12. The average Bonchev–Trinajstić information content (AvgIpc) is 2.89. The van der Waals surface area contributed by atoms with Crippen molar-refractivity contribution in [2.75, 3.05) is 0 Å². The van der Waals surface area contributed by atoms with Gasteiger partial charge >= 0.3 is 0 Å². The lowest BCUT2D eigenvalue weighted by Crippen LogP contribution is -2.34. The molecule has 0 N–H and O–H groups in total. The highest BCUT2D eigenvalue weighted by Crippen LogP contribution is 2.39. The molecule has 0 bridgehead atoms. The zero-order valence-electron chi connectivity index (χ0n) is 21.4. The third-order valence-corrected chi connectivity index (χ3v) is 7.42. The number of benzene rings is 2. The largest absolute Gasteiger partial charge is 0.299 e. The van der Waals surface area contributed by atoms with Crippen LogP contribution in [0.4, 0.5) is 4.39 Å². The summed E-state index contributed by atoms with van der Waals surface area (Å²) in [5, 5.41) is 9.55. The van der Waals surface area contributed by atoms with Crippen molar-refractivity contribution in [2.45, 2.75) is 64.7 Å². The highest BCUT2D eigenvalue weighted by Gasteiger charge is 2.37. The van der Waals surface area contributed by atoms with E-state index in [0.717, 1.165) is 36.8 Å². The first-order valence-electron chi connectivity index (χ1n) is 13.3. The van der Waals surface area contributed by atoms with Crippen LogP contribution in [0.15, 0.2) is 60.7 Å². The molecule has 4 nitrogen and oxygen atoms in total. The van der Waals surface area contributed by atoms with Crippen molar-refractivity contribution in [3.05, 3.63) is 88.9 Å². The van der Waals surface area contributed by atoms with Crippen LogP contribution in [0.25, 0.3) is 11.3 Å². The molecule has 2 atom stereocenters. The van der Waals surface area contributed by atoms with Crippen LogP contribution in [-0.4, -0.2) is 16.6 Å². The van der Waals surface area contributed by atoms with Crippen molar-refractivity contribution in [1.29, 1.82) is 5.26 Å². The standard InChI is InChI=1S/C32H33FN2O2/c1-2-3-14-31(36)27-16-15-23(27)20-32(37)28-17-18-30(26-12-5-4-10-24(26)21-34)35-29(28)13-7-9-22-8-6-11-25(33)19-22/h4-6,8,10-12,17-19,23,27H,2-3,7,9,13-16,20H2,1H3. The first-order chi connectivity index (χ1) is 18.0. The van der Waals surface area contributed by atoms with Crippen LogP contribution in [0.1, 0.15) is 79.0 Å². The molecule has 1 aliphatic rings. The minimum atomic E-state index is -0.259. The van der Waals surface area contributed by atoms with Crippen LogP contribution < -0.4 is 0 Å². The molecular formula is C32H33FN2O2. The molecule has 2 unspecified atom stereocenters. The normalized spacial score (nSPS) is 16.6. The zero-order chi connectivity index (χ0) is 26.2. The Hall–Kier alpha value is -3.65. The van der Waals surface area contributed by atoms with Crippen molar-refractivity contribution < 1.29 is 14.0 Å². The molecule has 4 rings (SSSR count). The number of aromatic nitrogens is 1. The second kappa shape index (κ2) is 12.5. The van der Waals surface area contributed by atoms with Gasteiger partial charge in [0.05, 0.1) is 23.0 Å². The minimum Gasteiger partial charge on any atom is -0.299 e. The van der Waals surface area contributed by atoms with Crippen molar-refractivity contribution in [2.24, 2.45) is 11.8 Å². The number of ketones is 2. The topological polar surface area (TPSA) is 70.8 Å². The number of unbranched alkanes of at least 4 members (excludes halogenated alkanes) is 1. The maximum absolute atomic E-state index is 13.6. The van der Waals surface area contributed by atoms with E-state index in [0.29, 0.717) is 60.4 Å². The van der Waals surface area contributed by atoms with Crippen molar-refractivity contribution in [3.63, 3.8) is 0 Å².